The fraction of sp³-hybridized carbons (Fsp3) is 0.316. The van der Waals surface area contributed by atoms with Gasteiger partial charge in [-0.25, -0.2) is 0 Å². The number of unbranched alkanes of at least 4 members (excludes halogenated alkanes) is 2. The Kier molecular flexibility index (Phi) is 7.26. The van der Waals surface area contributed by atoms with Crippen molar-refractivity contribution < 1.29 is 9.32 Å². The summed E-state index contributed by atoms with van der Waals surface area (Å²) in [5, 5.41) is 9.91. The lowest BCUT2D eigenvalue weighted by atomic mass is 10.1. The highest BCUT2D eigenvalue weighted by Crippen LogP contribution is 2.24. The topological polar surface area (TPSA) is 68.0 Å². The third-order valence-electron chi connectivity index (χ3n) is 4.00. The number of thiophene rings is 1. The number of rotatable bonds is 9. The molecule has 0 radical (unpaired) electrons. The fourth-order valence-electron chi connectivity index (χ4n) is 2.59. The Balaban J connectivity index is 1.32. The summed E-state index contributed by atoms with van der Waals surface area (Å²) in [7, 11) is 0. The molecule has 0 spiro atoms. The second-order valence-corrected chi connectivity index (χ2v) is 7.79. The number of carbonyl (C=O) groups excluding carboxylic acids is 1. The van der Waals surface area contributed by atoms with Gasteiger partial charge in [0.05, 0.1) is 11.3 Å². The molecule has 0 aliphatic heterocycles. The van der Waals surface area contributed by atoms with Crippen molar-refractivity contribution in [2.24, 2.45) is 0 Å². The van der Waals surface area contributed by atoms with Gasteiger partial charge in [-0.2, -0.15) is 4.98 Å². The van der Waals surface area contributed by atoms with Gasteiger partial charge in [0.2, 0.25) is 17.6 Å². The number of hydrogen-bond donors (Lipinski definition) is 1. The van der Waals surface area contributed by atoms with Crippen molar-refractivity contribution in [2.45, 2.75) is 32.1 Å². The Morgan fingerprint density at radius 2 is 1.93 bits per heavy atom. The smallest absolute Gasteiger partial charge is 0.226 e. The summed E-state index contributed by atoms with van der Waals surface area (Å²) in [6.07, 6.45) is 3.70. The first-order valence-corrected chi connectivity index (χ1v) is 10.3. The molecular weight excluding hydrogens is 405 g/mol. The molecule has 142 valence electrons. The molecule has 27 heavy (non-hydrogen) atoms. The molecule has 0 aliphatic carbocycles. The predicted molar refractivity (Wildman–Crippen MR) is 108 cm³/mol. The molecule has 5 nitrogen and oxygen atoms in total. The van der Waals surface area contributed by atoms with Crippen LogP contribution in [0.25, 0.3) is 10.7 Å². The van der Waals surface area contributed by atoms with Crippen LogP contribution in [0.5, 0.6) is 0 Å². The number of nitrogens with one attached hydrogen (secondary N) is 1. The highest BCUT2D eigenvalue weighted by atomic mass is 35.5. The minimum absolute atomic E-state index is 0.0810. The largest absolute Gasteiger partial charge is 0.356 e. The molecule has 0 atom stereocenters. The zero-order valence-corrected chi connectivity index (χ0v) is 16.9. The maximum Gasteiger partial charge on any atom is 0.226 e. The lowest BCUT2D eigenvalue weighted by molar-refractivity contribution is -0.120. The van der Waals surface area contributed by atoms with Crippen LogP contribution in [0.3, 0.4) is 0 Å². The Bertz CT molecular complexity index is 861. The van der Waals surface area contributed by atoms with Crippen molar-refractivity contribution in [1.82, 2.24) is 15.5 Å². The number of carbonyl (C=O) groups is 1. The summed E-state index contributed by atoms with van der Waals surface area (Å²) >= 11 is 13.8. The minimum atomic E-state index is -0.0810. The molecule has 1 N–H and O–H groups in total. The first kappa shape index (κ1) is 19.9. The molecule has 2 aromatic heterocycles. The lowest BCUT2D eigenvalue weighted by Gasteiger charge is -2.08. The van der Waals surface area contributed by atoms with E-state index in [1.807, 2.05) is 17.5 Å². The molecule has 0 saturated carbocycles. The average molecular weight is 424 g/mol. The zero-order valence-electron chi connectivity index (χ0n) is 14.6. The average Bonchev–Trinajstić information content (AvgIpc) is 3.32. The van der Waals surface area contributed by atoms with Crippen molar-refractivity contribution in [2.75, 3.05) is 6.54 Å². The first-order valence-electron chi connectivity index (χ1n) is 8.69. The van der Waals surface area contributed by atoms with E-state index in [1.165, 1.54) is 0 Å². The van der Waals surface area contributed by atoms with Crippen LogP contribution in [0.4, 0.5) is 0 Å². The first-order chi connectivity index (χ1) is 13.1. The molecule has 1 aromatic carbocycles. The second-order valence-electron chi connectivity index (χ2n) is 6.03. The van der Waals surface area contributed by atoms with E-state index in [4.69, 9.17) is 27.7 Å². The van der Waals surface area contributed by atoms with Crippen LogP contribution in [0.2, 0.25) is 10.0 Å². The zero-order chi connectivity index (χ0) is 19.1. The van der Waals surface area contributed by atoms with E-state index in [1.54, 1.807) is 29.5 Å². The van der Waals surface area contributed by atoms with Crippen LogP contribution in [0.1, 0.15) is 30.7 Å². The van der Waals surface area contributed by atoms with Gasteiger partial charge in [-0.3, -0.25) is 4.79 Å². The molecular formula is C19H19Cl2N3O2S. The van der Waals surface area contributed by atoms with Crippen LogP contribution >= 0.6 is 34.5 Å². The Labute approximate surface area is 171 Å². The normalized spacial score (nSPS) is 10.9. The second kappa shape index (κ2) is 9.88. The molecule has 0 fully saturated rings. The number of benzene rings is 1. The molecule has 0 aliphatic rings. The van der Waals surface area contributed by atoms with Crippen LogP contribution in [0, 0.1) is 0 Å². The summed E-state index contributed by atoms with van der Waals surface area (Å²) in [6.45, 7) is 0.616. The number of hydrogen-bond acceptors (Lipinski definition) is 5. The van der Waals surface area contributed by atoms with Crippen LogP contribution < -0.4 is 5.32 Å². The summed E-state index contributed by atoms with van der Waals surface area (Å²) in [5.74, 6) is 1.21. The van der Waals surface area contributed by atoms with Crippen molar-refractivity contribution in [1.29, 1.82) is 0 Å². The summed E-state index contributed by atoms with van der Waals surface area (Å²) in [6, 6.07) is 9.16. The van der Waals surface area contributed by atoms with Gasteiger partial charge in [-0.15, -0.1) is 11.3 Å². The van der Waals surface area contributed by atoms with Crippen LogP contribution in [0.15, 0.2) is 40.2 Å². The number of nitrogens with zero attached hydrogens (tertiary/aromatic N) is 2. The highest BCUT2D eigenvalue weighted by molar-refractivity contribution is 7.13. The molecule has 0 saturated heterocycles. The van der Waals surface area contributed by atoms with E-state index in [0.29, 0.717) is 33.9 Å². The van der Waals surface area contributed by atoms with E-state index in [-0.39, 0.29) is 12.3 Å². The highest BCUT2D eigenvalue weighted by Gasteiger charge is 2.11. The van der Waals surface area contributed by atoms with E-state index >= 15 is 0 Å². The summed E-state index contributed by atoms with van der Waals surface area (Å²) in [4.78, 5) is 17.4. The minimum Gasteiger partial charge on any atom is -0.356 e. The Morgan fingerprint density at radius 1 is 1.11 bits per heavy atom. The van der Waals surface area contributed by atoms with Gasteiger partial charge in [0.15, 0.2) is 0 Å². The monoisotopic (exact) mass is 423 g/mol. The number of aromatic nitrogens is 2. The van der Waals surface area contributed by atoms with Crippen molar-refractivity contribution in [3.05, 3.63) is 57.2 Å². The van der Waals surface area contributed by atoms with E-state index in [2.05, 4.69) is 15.5 Å². The van der Waals surface area contributed by atoms with Gasteiger partial charge in [0.25, 0.3) is 0 Å². The van der Waals surface area contributed by atoms with E-state index in [9.17, 15) is 4.79 Å². The van der Waals surface area contributed by atoms with Gasteiger partial charge < -0.3 is 9.84 Å². The van der Waals surface area contributed by atoms with E-state index < -0.39 is 0 Å². The maximum atomic E-state index is 12.0. The fourth-order valence-corrected chi connectivity index (χ4v) is 3.77. The van der Waals surface area contributed by atoms with Gasteiger partial charge in [0, 0.05) is 23.0 Å². The number of amides is 1. The van der Waals surface area contributed by atoms with Gasteiger partial charge in [-0.1, -0.05) is 46.9 Å². The van der Waals surface area contributed by atoms with Crippen LogP contribution in [-0.4, -0.2) is 22.6 Å². The molecule has 8 heteroatoms. The predicted octanol–water partition coefficient (Wildman–Crippen LogP) is 5.18. The van der Waals surface area contributed by atoms with Crippen molar-refractivity contribution >= 4 is 40.4 Å². The van der Waals surface area contributed by atoms with Gasteiger partial charge in [-0.05, 0) is 42.0 Å². The third kappa shape index (κ3) is 5.79. The standard InChI is InChI=1S/C19H19Cl2N3O2S/c20-14-6-4-7-15(21)13(14)12-17(25)22-10-3-1-2-9-18-23-19(24-26-18)16-8-5-11-27-16/h4-8,11H,1-3,9-10,12H2,(H,22,25). The Hall–Kier alpha value is -1.89. The summed E-state index contributed by atoms with van der Waals surface area (Å²) in [5.41, 5.74) is 0.663. The summed E-state index contributed by atoms with van der Waals surface area (Å²) < 4.78 is 5.27. The molecule has 0 unspecified atom stereocenters. The molecule has 0 bridgehead atoms. The van der Waals surface area contributed by atoms with Crippen LogP contribution in [-0.2, 0) is 17.6 Å². The quantitative estimate of drug-likeness (QED) is 0.481. The number of halogens is 2. The van der Waals surface area contributed by atoms with Gasteiger partial charge >= 0.3 is 0 Å². The molecule has 1 amide bonds. The Morgan fingerprint density at radius 3 is 2.67 bits per heavy atom. The van der Waals surface area contributed by atoms with E-state index in [0.717, 1.165) is 30.6 Å². The third-order valence-corrected chi connectivity index (χ3v) is 5.57. The molecule has 3 aromatic rings. The number of aryl methyl sites for hydroxylation is 1. The molecule has 3 rings (SSSR count). The van der Waals surface area contributed by atoms with Crippen molar-refractivity contribution in [3.63, 3.8) is 0 Å². The SMILES string of the molecule is O=C(Cc1c(Cl)cccc1Cl)NCCCCCc1nc(-c2cccs2)no1. The molecule has 2 heterocycles. The lowest BCUT2D eigenvalue weighted by Crippen LogP contribution is -2.26. The maximum absolute atomic E-state index is 12.0. The van der Waals surface area contributed by atoms with Crippen molar-refractivity contribution in [3.8, 4) is 10.7 Å². The van der Waals surface area contributed by atoms with Gasteiger partial charge in [0.1, 0.15) is 0 Å².